The lowest BCUT2D eigenvalue weighted by atomic mass is 10.0. The van der Waals surface area contributed by atoms with Gasteiger partial charge in [-0.15, -0.1) is 11.8 Å². The van der Waals surface area contributed by atoms with Gasteiger partial charge in [-0.3, -0.25) is 9.59 Å². The molecule has 3 rings (SSSR count). The second-order valence-corrected chi connectivity index (χ2v) is 8.33. The summed E-state index contributed by atoms with van der Waals surface area (Å²) in [5, 5.41) is 3.28. The third kappa shape index (κ3) is 3.94. The van der Waals surface area contributed by atoms with Gasteiger partial charge in [0.15, 0.2) is 0 Å². The van der Waals surface area contributed by atoms with Crippen molar-refractivity contribution in [1.29, 1.82) is 0 Å². The molecule has 1 saturated carbocycles. The molecule has 1 saturated heterocycles. The Bertz CT molecular complexity index is 576. The molecule has 2 aliphatic rings. The van der Waals surface area contributed by atoms with Gasteiger partial charge in [-0.05, 0) is 37.8 Å². The van der Waals surface area contributed by atoms with E-state index in [1.807, 2.05) is 23.1 Å². The molecule has 0 spiro atoms. The molecule has 2 amide bonds. The van der Waals surface area contributed by atoms with E-state index in [2.05, 4.69) is 17.4 Å². The molecule has 4 nitrogen and oxygen atoms in total. The van der Waals surface area contributed by atoms with Crippen LogP contribution >= 0.6 is 11.8 Å². The normalized spacial score (nSPS) is 20.8. The van der Waals surface area contributed by atoms with E-state index in [1.165, 1.54) is 4.90 Å². The van der Waals surface area contributed by atoms with Gasteiger partial charge in [0.2, 0.25) is 11.8 Å². The Balaban J connectivity index is 1.62. The maximum atomic E-state index is 13.0. The first kappa shape index (κ1) is 17.3. The molecule has 0 radical (unpaired) electrons. The van der Waals surface area contributed by atoms with Gasteiger partial charge in [-0.25, -0.2) is 0 Å². The van der Waals surface area contributed by atoms with Gasteiger partial charge in [0, 0.05) is 31.0 Å². The summed E-state index contributed by atoms with van der Waals surface area (Å²) in [4.78, 5) is 27.5. The van der Waals surface area contributed by atoms with Gasteiger partial charge in [-0.1, -0.05) is 31.0 Å². The fourth-order valence-electron chi connectivity index (χ4n) is 3.69. The van der Waals surface area contributed by atoms with Crippen molar-refractivity contribution in [3.05, 3.63) is 30.3 Å². The summed E-state index contributed by atoms with van der Waals surface area (Å²) in [6, 6.07) is 10.4. The minimum atomic E-state index is -0.320. The summed E-state index contributed by atoms with van der Waals surface area (Å²) >= 11 is 1.72. The Morgan fingerprint density at radius 1 is 1.12 bits per heavy atom. The standard InChI is InChI=1S/C19H26N2O2S/c1-15(22)21-13-9-16(10-14-21)20-18(23)19(11-5-6-12-19)24-17-7-3-2-4-8-17/h2-4,7-8,16H,5-6,9-14H2,1H3,(H,20,23). The lowest BCUT2D eigenvalue weighted by Gasteiger charge is -2.34. The Kier molecular flexibility index (Phi) is 5.49. The van der Waals surface area contributed by atoms with E-state index in [-0.39, 0.29) is 22.6 Å². The number of carbonyl (C=O) groups excluding carboxylic acids is 2. The van der Waals surface area contributed by atoms with Crippen molar-refractivity contribution in [3.63, 3.8) is 0 Å². The minimum Gasteiger partial charge on any atom is -0.352 e. The predicted molar refractivity (Wildman–Crippen MR) is 96.9 cm³/mol. The lowest BCUT2D eigenvalue weighted by Crippen LogP contribution is -2.51. The molecule has 0 unspecified atom stereocenters. The van der Waals surface area contributed by atoms with Crippen molar-refractivity contribution in [2.24, 2.45) is 0 Å². The van der Waals surface area contributed by atoms with Crippen LogP contribution < -0.4 is 5.32 Å². The third-order valence-corrected chi connectivity index (χ3v) is 6.65. The summed E-state index contributed by atoms with van der Waals surface area (Å²) in [5.74, 6) is 0.321. The fraction of sp³-hybridized carbons (Fsp3) is 0.579. The number of nitrogens with zero attached hydrogens (tertiary/aromatic N) is 1. The molecule has 2 fully saturated rings. The monoisotopic (exact) mass is 346 g/mol. The highest BCUT2D eigenvalue weighted by atomic mass is 32.2. The van der Waals surface area contributed by atoms with Crippen LogP contribution in [0.2, 0.25) is 0 Å². The number of benzene rings is 1. The highest BCUT2D eigenvalue weighted by molar-refractivity contribution is 8.01. The second kappa shape index (κ2) is 7.60. The Morgan fingerprint density at radius 3 is 2.33 bits per heavy atom. The molecule has 1 aliphatic carbocycles. The van der Waals surface area contributed by atoms with Gasteiger partial charge in [0.05, 0.1) is 4.75 Å². The number of hydrogen-bond donors (Lipinski definition) is 1. The van der Waals surface area contributed by atoms with E-state index >= 15 is 0 Å². The van der Waals surface area contributed by atoms with E-state index in [0.717, 1.165) is 51.6 Å². The zero-order valence-electron chi connectivity index (χ0n) is 14.3. The summed E-state index contributed by atoms with van der Waals surface area (Å²) in [6.07, 6.45) is 5.86. The van der Waals surface area contributed by atoms with Gasteiger partial charge in [0.25, 0.3) is 0 Å². The van der Waals surface area contributed by atoms with Crippen molar-refractivity contribution < 1.29 is 9.59 Å². The van der Waals surface area contributed by atoms with Crippen molar-refractivity contribution in [2.75, 3.05) is 13.1 Å². The summed E-state index contributed by atoms with van der Waals surface area (Å²) in [7, 11) is 0. The highest BCUT2D eigenvalue weighted by Gasteiger charge is 2.43. The van der Waals surface area contributed by atoms with E-state index in [1.54, 1.807) is 18.7 Å². The molecule has 24 heavy (non-hydrogen) atoms. The van der Waals surface area contributed by atoms with Crippen molar-refractivity contribution in [2.45, 2.75) is 61.1 Å². The van der Waals surface area contributed by atoms with Gasteiger partial charge in [-0.2, -0.15) is 0 Å². The molecule has 5 heteroatoms. The molecule has 1 heterocycles. The highest BCUT2D eigenvalue weighted by Crippen LogP contribution is 2.45. The number of rotatable bonds is 4. The number of hydrogen-bond acceptors (Lipinski definition) is 3. The van der Waals surface area contributed by atoms with Crippen molar-refractivity contribution in [1.82, 2.24) is 10.2 Å². The van der Waals surface area contributed by atoms with E-state index in [4.69, 9.17) is 0 Å². The van der Waals surface area contributed by atoms with Gasteiger partial charge >= 0.3 is 0 Å². The number of thioether (sulfide) groups is 1. The number of amides is 2. The van der Waals surface area contributed by atoms with Crippen molar-refractivity contribution in [3.8, 4) is 0 Å². The molecule has 1 aliphatic heterocycles. The Hall–Kier alpha value is -1.49. The number of piperidine rings is 1. The molecule has 0 atom stereocenters. The maximum Gasteiger partial charge on any atom is 0.236 e. The first-order valence-electron chi connectivity index (χ1n) is 8.90. The molecule has 1 aromatic carbocycles. The zero-order chi connectivity index (χ0) is 17.0. The van der Waals surface area contributed by atoms with Crippen LogP contribution in [0.4, 0.5) is 0 Å². The Morgan fingerprint density at radius 2 is 1.75 bits per heavy atom. The van der Waals surface area contributed by atoms with Crippen LogP contribution in [0.25, 0.3) is 0 Å². The molecule has 0 bridgehead atoms. The topological polar surface area (TPSA) is 49.4 Å². The molecule has 1 N–H and O–H groups in total. The van der Waals surface area contributed by atoms with Gasteiger partial charge < -0.3 is 10.2 Å². The van der Waals surface area contributed by atoms with Crippen LogP contribution in [0.5, 0.6) is 0 Å². The van der Waals surface area contributed by atoms with E-state index in [9.17, 15) is 9.59 Å². The SMILES string of the molecule is CC(=O)N1CCC(NC(=O)C2(Sc3ccccc3)CCCC2)CC1. The van der Waals surface area contributed by atoms with Crippen LogP contribution in [-0.4, -0.2) is 40.6 Å². The van der Waals surface area contributed by atoms with E-state index in [0.29, 0.717) is 0 Å². The van der Waals surface area contributed by atoms with Crippen LogP contribution in [0.3, 0.4) is 0 Å². The average Bonchev–Trinajstić information content (AvgIpc) is 3.06. The largest absolute Gasteiger partial charge is 0.352 e. The Labute approximate surface area is 148 Å². The summed E-state index contributed by atoms with van der Waals surface area (Å²) in [6.45, 7) is 3.11. The van der Waals surface area contributed by atoms with Crippen LogP contribution in [0.1, 0.15) is 45.4 Å². The number of nitrogens with one attached hydrogen (secondary N) is 1. The quantitative estimate of drug-likeness (QED) is 0.911. The molecule has 0 aromatic heterocycles. The van der Waals surface area contributed by atoms with Crippen molar-refractivity contribution >= 4 is 23.6 Å². The number of carbonyl (C=O) groups is 2. The first-order valence-corrected chi connectivity index (χ1v) is 9.71. The minimum absolute atomic E-state index is 0.131. The van der Waals surface area contributed by atoms with Crippen LogP contribution in [-0.2, 0) is 9.59 Å². The summed E-state index contributed by atoms with van der Waals surface area (Å²) < 4.78 is -0.320. The predicted octanol–water partition coefficient (Wildman–Crippen LogP) is 3.22. The zero-order valence-corrected chi connectivity index (χ0v) is 15.1. The van der Waals surface area contributed by atoms with E-state index < -0.39 is 0 Å². The van der Waals surface area contributed by atoms with Crippen LogP contribution in [0.15, 0.2) is 35.2 Å². The fourth-order valence-corrected chi connectivity index (χ4v) is 5.08. The number of likely N-dealkylation sites (tertiary alicyclic amines) is 1. The molecular weight excluding hydrogens is 320 g/mol. The second-order valence-electron chi connectivity index (χ2n) is 6.87. The third-order valence-electron chi connectivity index (χ3n) is 5.16. The molecule has 130 valence electrons. The molecular formula is C19H26N2O2S. The maximum absolute atomic E-state index is 13.0. The van der Waals surface area contributed by atoms with Gasteiger partial charge in [0.1, 0.15) is 0 Å². The lowest BCUT2D eigenvalue weighted by molar-refractivity contribution is -0.130. The smallest absolute Gasteiger partial charge is 0.236 e. The summed E-state index contributed by atoms with van der Waals surface area (Å²) in [5.41, 5.74) is 0. The first-order chi connectivity index (χ1) is 11.6. The average molecular weight is 346 g/mol. The van der Waals surface area contributed by atoms with Crippen LogP contribution in [0, 0.1) is 0 Å². The molecule has 1 aromatic rings.